The van der Waals surface area contributed by atoms with Crippen molar-refractivity contribution in [2.75, 3.05) is 7.05 Å². The molecule has 0 radical (unpaired) electrons. The van der Waals surface area contributed by atoms with Crippen LogP contribution in [-0.2, 0) is 0 Å². The molecular weight excluding hydrogens is 520 g/mol. The van der Waals surface area contributed by atoms with E-state index in [0.717, 1.165) is 46.3 Å². The lowest BCUT2D eigenvalue weighted by molar-refractivity contribution is 0.000143. The minimum atomic E-state index is -0.197. The average molecular weight is 557 g/mol. The van der Waals surface area contributed by atoms with Crippen molar-refractivity contribution in [2.45, 2.75) is 70.2 Å². The smallest absolute Gasteiger partial charge is 0.251 e. The minimum absolute atomic E-state index is 0.140. The first-order chi connectivity index (χ1) is 19.4. The largest absolute Gasteiger partial charge is 0.490 e. The van der Waals surface area contributed by atoms with Gasteiger partial charge in [-0.15, -0.1) is 0 Å². The highest BCUT2D eigenvalue weighted by Gasteiger charge is 2.36. The summed E-state index contributed by atoms with van der Waals surface area (Å²) in [6.07, 6.45) is 6.34. The highest BCUT2D eigenvalue weighted by atomic mass is 35.5. The molecule has 6 nitrogen and oxygen atoms in total. The molecule has 1 amide bonds. The Labute approximate surface area is 241 Å². The molecule has 0 spiro atoms. The van der Waals surface area contributed by atoms with Gasteiger partial charge < -0.3 is 15.0 Å². The van der Waals surface area contributed by atoms with Gasteiger partial charge in [-0.3, -0.25) is 9.89 Å². The number of carbonyl (C=O) groups is 1. The fraction of sp³-hybridized carbons (Fsp3) is 0.394. The highest BCUT2D eigenvalue weighted by molar-refractivity contribution is 6.31. The van der Waals surface area contributed by atoms with Crippen molar-refractivity contribution < 1.29 is 9.53 Å². The van der Waals surface area contributed by atoms with Crippen LogP contribution in [0, 0.1) is 5.92 Å². The molecule has 208 valence electrons. The summed E-state index contributed by atoms with van der Waals surface area (Å²) in [5.41, 5.74) is 4.18. The molecule has 2 saturated heterocycles. The van der Waals surface area contributed by atoms with Gasteiger partial charge in [0, 0.05) is 33.6 Å². The van der Waals surface area contributed by atoms with Gasteiger partial charge in [0.25, 0.3) is 5.91 Å². The molecule has 0 aliphatic carbocycles. The van der Waals surface area contributed by atoms with Crippen LogP contribution in [0.5, 0.6) is 5.75 Å². The quantitative estimate of drug-likeness (QED) is 0.249. The van der Waals surface area contributed by atoms with Crippen LogP contribution < -0.4 is 10.1 Å². The fourth-order valence-corrected chi connectivity index (χ4v) is 6.73. The molecule has 0 saturated carbocycles. The van der Waals surface area contributed by atoms with E-state index in [1.807, 2.05) is 54.6 Å². The van der Waals surface area contributed by atoms with Gasteiger partial charge in [0.05, 0.1) is 17.3 Å². The molecule has 40 heavy (non-hydrogen) atoms. The van der Waals surface area contributed by atoms with Crippen LogP contribution in [0.4, 0.5) is 0 Å². The summed E-state index contributed by atoms with van der Waals surface area (Å²) >= 11 is 6.46. The number of ether oxygens (including phenoxy) is 1. The number of nitrogens with zero attached hydrogens (tertiary/aromatic N) is 2. The number of hydrogen-bond acceptors (Lipinski definition) is 4. The number of rotatable bonds is 7. The summed E-state index contributed by atoms with van der Waals surface area (Å²) in [5.74, 6) is 0.932. The van der Waals surface area contributed by atoms with Crippen LogP contribution in [0.25, 0.3) is 22.2 Å². The fourth-order valence-electron chi connectivity index (χ4n) is 6.48. The molecular formula is C33H37ClN4O2. The number of carbonyl (C=O) groups excluding carboxylic acids is 1. The Bertz CT molecular complexity index is 1480. The topological polar surface area (TPSA) is 70.2 Å². The molecule has 2 aliphatic rings. The number of aromatic nitrogens is 2. The third-order valence-electron chi connectivity index (χ3n) is 8.75. The van der Waals surface area contributed by atoms with Crippen molar-refractivity contribution in [1.82, 2.24) is 20.4 Å². The minimum Gasteiger partial charge on any atom is -0.490 e. The van der Waals surface area contributed by atoms with E-state index in [-0.39, 0.29) is 24.0 Å². The predicted octanol–water partition coefficient (Wildman–Crippen LogP) is 7.40. The maximum atomic E-state index is 13.4. The standard InChI is InChI=1S/C33H37ClN4O2/c1-20(2)31(27-9-4-5-10-29(27)34)35-33(39)22-13-16-30-28(17-22)32(37-36-30)21-11-14-25(15-12-21)40-26-18-23-7-6-8-24(19-26)38(23)3/h4-5,9-17,20,23-24,26,31H,6-8,18-19H2,1-3H3,(H,35,39)(H,36,37). The monoisotopic (exact) mass is 556 g/mol. The lowest BCUT2D eigenvalue weighted by Crippen LogP contribution is -2.52. The van der Waals surface area contributed by atoms with Crippen molar-refractivity contribution in [3.63, 3.8) is 0 Å². The molecule has 3 atom stereocenters. The lowest BCUT2D eigenvalue weighted by Gasteiger charge is -2.46. The Kier molecular flexibility index (Phi) is 7.56. The third kappa shape index (κ3) is 5.35. The SMILES string of the molecule is CC(C)C(NC(=O)c1ccc2[nH]nc(-c3ccc(OC4CC5CCCC(C4)N5C)cc3)c2c1)c1ccccc1Cl. The molecule has 2 aliphatic heterocycles. The van der Waals surface area contributed by atoms with E-state index in [2.05, 4.69) is 53.4 Å². The number of aromatic amines is 1. The van der Waals surface area contributed by atoms with Crippen LogP contribution in [0.2, 0.25) is 5.02 Å². The van der Waals surface area contributed by atoms with E-state index >= 15 is 0 Å². The number of benzene rings is 3. The van der Waals surface area contributed by atoms with E-state index in [1.165, 1.54) is 19.3 Å². The Morgan fingerprint density at radius 1 is 1.05 bits per heavy atom. The van der Waals surface area contributed by atoms with E-state index < -0.39 is 0 Å². The van der Waals surface area contributed by atoms with Crippen molar-refractivity contribution in [3.8, 4) is 17.0 Å². The van der Waals surface area contributed by atoms with Gasteiger partial charge in [-0.1, -0.05) is 50.1 Å². The molecule has 2 bridgehead atoms. The van der Waals surface area contributed by atoms with E-state index in [1.54, 1.807) is 0 Å². The second-order valence-electron chi connectivity index (χ2n) is 11.7. The van der Waals surface area contributed by atoms with Gasteiger partial charge >= 0.3 is 0 Å². The normalized spacial score (nSPS) is 21.9. The first-order valence-electron chi connectivity index (χ1n) is 14.4. The zero-order valence-electron chi connectivity index (χ0n) is 23.4. The summed E-state index contributed by atoms with van der Waals surface area (Å²) < 4.78 is 6.43. The van der Waals surface area contributed by atoms with Crippen LogP contribution in [0.1, 0.15) is 67.9 Å². The lowest BCUT2D eigenvalue weighted by atomic mass is 9.83. The highest BCUT2D eigenvalue weighted by Crippen LogP contribution is 2.35. The number of hydrogen-bond donors (Lipinski definition) is 2. The van der Waals surface area contributed by atoms with Crippen LogP contribution in [-0.4, -0.2) is 46.2 Å². The molecule has 3 aromatic carbocycles. The molecule has 3 unspecified atom stereocenters. The second-order valence-corrected chi connectivity index (χ2v) is 12.1. The van der Waals surface area contributed by atoms with Crippen molar-refractivity contribution in [2.24, 2.45) is 5.92 Å². The van der Waals surface area contributed by atoms with Crippen molar-refractivity contribution in [3.05, 3.63) is 82.9 Å². The number of fused-ring (bicyclic) bond motifs is 3. The Morgan fingerprint density at radius 2 is 1.77 bits per heavy atom. The zero-order chi connectivity index (χ0) is 27.8. The number of halogens is 1. The molecule has 6 rings (SSSR count). The van der Waals surface area contributed by atoms with Gasteiger partial charge in [-0.2, -0.15) is 5.10 Å². The van der Waals surface area contributed by atoms with E-state index in [4.69, 9.17) is 16.3 Å². The van der Waals surface area contributed by atoms with Crippen LogP contribution in [0.15, 0.2) is 66.7 Å². The maximum absolute atomic E-state index is 13.4. The van der Waals surface area contributed by atoms with Gasteiger partial charge in [-0.05, 0) is 92.7 Å². The summed E-state index contributed by atoms with van der Waals surface area (Å²) in [6.45, 7) is 4.16. The first kappa shape index (κ1) is 26.9. The summed E-state index contributed by atoms with van der Waals surface area (Å²) in [4.78, 5) is 15.9. The molecule has 7 heteroatoms. The molecule has 2 fully saturated rings. The average Bonchev–Trinajstić information content (AvgIpc) is 3.36. The first-order valence-corrected chi connectivity index (χ1v) is 14.8. The Balaban J connectivity index is 1.19. The summed E-state index contributed by atoms with van der Waals surface area (Å²) in [5, 5.41) is 12.5. The molecule has 3 heterocycles. The number of piperidine rings is 2. The van der Waals surface area contributed by atoms with Crippen LogP contribution in [0.3, 0.4) is 0 Å². The maximum Gasteiger partial charge on any atom is 0.251 e. The second kappa shape index (κ2) is 11.3. The van der Waals surface area contributed by atoms with Gasteiger partial charge in [0.1, 0.15) is 11.9 Å². The molecule has 2 N–H and O–H groups in total. The molecule has 1 aromatic heterocycles. The molecule has 4 aromatic rings. The van der Waals surface area contributed by atoms with Gasteiger partial charge in [-0.25, -0.2) is 0 Å². The number of amides is 1. The number of nitrogens with one attached hydrogen (secondary N) is 2. The predicted molar refractivity (Wildman–Crippen MR) is 161 cm³/mol. The van der Waals surface area contributed by atoms with Gasteiger partial charge in [0.15, 0.2) is 0 Å². The zero-order valence-corrected chi connectivity index (χ0v) is 24.1. The van der Waals surface area contributed by atoms with Crippen molar-refractivity contribution in [1.29, 1.82) is 0 Å². The Hall–Kier alpha value is -3.35. The Morgan fingerprint density at radius 3 is 2.48 bits per heavy atom. The van der Waals surface area contributed by atoms with E-state index in [9.17, 15) is 4.79 Å². The van der Waals surface area contributed by atoms with Crippen LogP contribution >= 0.6 is 11.6 Å². The summed E-state index contributed by atoms with van der Waals surface area (Å²) in [7, 11) is 2.27. The van der Waals surface area contributed by atoms with Crippen molar-refractivity contribution >= 4 is 28.4 Å². The van der Waals surface area contributed by atoms with E-state index in [0.29, 0.717) is 22.7 Å². The summed E-state index contributed by atoms with van der Waals surface area (Å²) in [6, 6.07) is 22.6. The number of H-pyrrole nitrogens is 1. The van der Waals surface area contributed by atoms with Gasteiger partial charge in [0.2, 0.25) is 0 Å². The third-order valence-corrected chi connectivity index (χ3v) is 9.09.